The lowest BCUT2D eigenvalue weighted by Gasteiger charge is -2.10. The largest absolute Gasteiger partial charge is 0.488 e. The summed E-state index contributed by atoms with van der Waals surface area (Å²) in [6.07, 6.45) is 3.22. The SMILES string of the molecule is C=CCN1C(=O)S/C(=C/c2ccc(OCc3ccccc3Cl)c(Br)c2)C1=O. The number of imide groups is 1. The highest BCUT2D eigenvalue weighted by atomic mass is 79.9. The Labute approximate surface area is 175 Å². The molecule has 7 heteroatoms. The van der Waals surface area contributed by atoms with Crippen molar-refractivity contribution in [1.82, 2.24) is 4.90 Å². The molecule has 2 amide bonds. The number of ether oxygens (including phenoxy) is 1. The van der Waals surface area contributed by atoms with Gasteiger partial charge in [-0.05, 0) is 57.5 Å². The van der Waals surface area contributed by atoms with E-state index in [1.165, 1.54) is 11.0 Å². The minimum absolute atomic E-state index is 0.209. The van der Waals surface area contributed by atoms with Gasteiger partial charge in [-0.3, -0.25) is 14.5 Å². The van der Waals surface area contributed by atoms with Crippen LogP contribution in [0.1, 0.15) is 11.1 Å². The summed E-state index contributed by atoms with van der Waals surface area (Å²) in [5.74, 6) is 0.354. The fourth-order valence-corrected chi connectivity index (χ4v) is 3.98. The van der Waals surface area contributed by atoms with Crippen molar-refractivity contribution in [2.45, 2.75) is 6.61 Å². The van der Waals surface area contributed by atoms with Crippen molar-refractivity contribution in [1.29, 1.82) is 0 Å². The molecule has 0 N–H and O–H groups in total. The molecule has 0 aliphatic carbocycles. The smallest absolute Gasteiger partial charge is 0.293 e. The Morgan fingerprint density at radius 2 is 2.00 bits per heavy atom. The maximum absolute atomic E-state index is 12.3. The van der Waals surface area contributed by atoms with Gasteiger partial charge >= 0.3 is 0 Å². The molecule has 1 fully saturated rings. The first-order valence-electron chi connectivity index (χ1n) is 8.01. The zero-order valence-corrected chi connectivity index (χ0v) is 17.3. The molecule has 4 nitrogen and oxygen atoms in total. The molecule has 27 heavy (non-hydrogen) atoms. The van der Waals surface area contributed by atoms with Gasteiger partial charge < -0.3 is 4.74 Å². The molecule has 1 heterocycles. The van der Waals surface area contributed by atoms with Gasteiger partial charge in [0.15, 0.2) is 0 Å². The average Bonchev–Trinajstić information content (AvgIpc) is 2.90. The number of nitrogens with zero attached hydrogens (tertiary/aromatic N) is 1. The zero-order valence-electron chi connectivity index (χ0n) is 14.2. The van der Waals surface area contributed by atoms with Gasteiger partial charge in [0.25, 0.3) is 11.1 Å². The standard InChI is InChI=1S/C20H15BrClNO3S/c1-2-9-23-19(24)18(27-20(23)25)11-13-7-8-17(15(21)10-13)26-12-14-5-3-4-6-16(14)22/h2-8,10-11H,1,9,12H2/b18-11+. The highest BCUT2D eigenvalue weighted by molar-refractivity contribution is 9.10. The number of carbonyl (C=O) groups excluding carboxylic acids is 2. The number of carbonyl (C=O) groups is 2. The average molecular weight is 465 g/mol. The number of hydrogen-bond acceptors (Lipinski definition) is 4. The Morgan fingerprint density at radius 3 is 2.70 bits per heavy atom. The van der Waals surface area contributed by atoms with Crippen molar-refractivity contribution in [2.75, 3.05) is 6.54 Å². The van der Waals surface area contributed by atoms with Gasteiger partial charge in [-0.15, -0.1) is 6.58 Å². The van der Waals surface area contributed by atoms with Crippen LogP contribution in [0.3, 0.4) is 0 Å². The second kappa shape index (κ2) is 8.78. The van der Waals surface area contributed by atoms with Crippen LogP contribution >= 0.6 is 39.3 Å². The molecule has 0 spiro atoms. The maximum Gasteiger partial charge on any atom is 0.293 e. The molecule has 1 aliphatic rings. The van der Waals surface area contributed by atoms with Gasteiger partial charge in [0.1, 0.15) is 12.4 Å². The summed E-state index contributed by atoms with van der Waals surface area (Å²) in [5, 5.41) is 0.366. The maximum atomic E-state index is 12.3. The van der Waals surface area contributed by atoms with Crippen LogP contribution in [0.5, 0.6) is 5.75 Å². The van der Waals surface area contributed by atoms with Crippen LogP contribution in [-0.4, -0.2) is 22.6 Å². The van der Waals surface area contributed by atoms with Gasteiger partial charge in [-0.25, -0.2) is 0 Å². The Kier molecular flexibility index (Phi) is 6.42. The molecular formula is C20H15BrClNO3S. The zero-order chi connectivity index (χ0) is 19.4. The first-order valence-corrected chi connectivity index (χ1v) is 10.0. The van der Waals surface area contributed by atoms with Crippen molar-refractivity contribution < 1.29 is 14.3 Å². The van der Waals surface area contributed by atoms with E-state index in [1.54, 1.807) is 12.1 Å². The van der Waals surface area contributed by atoms with Crippen molar-refractivity contribution in [2.24, 2.45) is 0 Å². The van der Waals surface area contributed by atoms with Crippen molar-refractivity contribution in [3.8, 4) is 5.75 Å². The molecule has 0 atom stereocenters. The molecule has 2 aromatic carbocycles. The number of amides is 2. The summed E-state index contributed by atoms with van der Waals surface area (Å²) in [6.45, 7) is 4.12. The van der Waals surface area contributed by atoms with Gasteiger partial charge in [0.2, 0.25) is 0 Å². The van der Waals surface area contributed by atoms with Crippen LogP contribution < -0.4 is 4.74 Å². The molecule has 0 bridgehead atoms. The van der Waals surface area contributed by atoms with Crippen molar-refractivity contribution in [3.05, 3.63) is 80.6 Å². The van der Waals surface area contributed by atoms with Crippen LogP contribution in [0.15, 0.2) is 64.5 Å². The minimum Gasteiger partial charge on any atom is -0.488 e. The summed E-state index contributed by atoms with van der Waals surface area (Å²) >= 11 is 10.5. The third kappa shape index (κ3) is 4.64. The predicted molar refractivity (Wildman–Crippen MR) is 113 cm³/mol. The Hall–Kier alpha value is -2.02. The fourth-order valence-electron chi connectivity index (χ4n) is 2.43. The second-order valence-corrected chi connectivity index (χ2v) is 7.91. The normalized spacial score (nSPS) is 15.5. The summed E-state index contributed by atoms with van der Waals surface area (Å²) in [4.78, 5) is 25.7. The molecule has 138 valence electrons. The van der Waals surface area contributed by atoms with E-state index < -0.39 is 0 Å². The first-order chi connectivity index (χ1) is 13.0. The Morgan fingerprint density at radius 1 is 1.22 bits per heavy atom. The van der Waals surface area contributed by atoms with Crippen LogP contribution in [0.25, 0.3) is 6.08 Å². The number of rotatable bonds is 6. The molecule has 1 saturated heterocycles. The fraction of sp³-hybridized carbons (Fsp3) is 0.100. The molecule has 0 unspecified atom stereocenters. The van der Waals surface area contributed by atoms with E-state index in [0.29, 0.717) is 22.3 Å². The van der Waals surface area contributed by atoms with Gasteiger partial charge in [-0.1, -0.05) is 41.9 Å². The molecule has 3 rings (SSSR count). The highest BCUT2D eigenvalue weighted by Crippen LogP contribution is 2.34. The lowest BCUT2D eigenvalue weighted by molar-refractivity contribution is -0.122. The lowest BCUT2D eigenvalue weighted by Crippen LogP contribution is -2.27. The van der Waals surface area contributed by atoms with Crippen LogP contribution in [0.4, 0.5) is 4.79 Å². The number of hydrogen-bond donors (Lipinski definition) is 0. The topological polar surface area (TPSA) is 46.6 Å². The van der Waals surface area contributed by atoms with E-state index >= 15 is 0 Å². The Balaban J connectivity index is 1.73. The minimum atomic E-state index is -0.305. The van der Waals surface area contributed by atoms with Crippen LogP contribution in [-0.2, 0) is 11.4 Å². The summed E-state index contributed by atoms with van der Waals surface area (Å²) in [6, 6.07) is 13.0. The number of benzene rings is 2. The summed E-state index contributed by atoms with van der Waals surface area (Å²) in [5.41, 5.74) is 1.68. The van der Waals surface area contributed by atoms with Crippen LogP contribution in [0, 0.1) is 0 Å². The molecule has 0 saturated carbocycles. The molecule has 0 radical (unpaired) electrons. The third-order valence-electron chi connectivity index (χ3n) is 3.78. The van der Waals surface area contributed by atoms with Crippen molar-refractivity contribution in [3.63, 3.8) is 0 Å². The van der Waals surface area contributed by atoms with Gasteiger partial charge in [0.05, 0.1) is 9.38 Å². The third-order valence-corrected chi connectivity index (χ3v) is 5.68. The van der Waals surface area contributed by atoms with E-state index in [4.69, 9.17) is 16.3 Å². The van der Waals surface area contributed by atoms with Crippen molar-refractivity contribution >= 4 is 56.5 Å². The molecule has 1 aliphatic heterocycles. The Bertz CT molecular complexity index is 945. The van der Waals surface area contributed by atoms with E-state index in [9.17, 15) is 9.59 Å². The predicted octanol–water partition coefficient (Wildman–Crippen LogP) is 5.90. The lowest BCUT2D eigenvalue weighted by atomic mass is 10.2. The summed E-state index contributed by atoms with van der Waals surface area (Å²) < 4.78 is 6.56. The van der Waals surface area contributed by atoms with Crippen LogP contribution in [0.2, 0.25) is 5.02 Å². The number of thioether (sulfide) groups is 1. The van der Waals surface area contributed by atoms with E-state index in [0.717, 1.165) is 27.4 Å². The molecular weight excluding hydrogens is 450 g/mol. The monoisotopic (exact) mass is 463 g/mol. The first kappa shape index (κ1) is 19.7. The van der Waals surface area contributed by atoms with E-state index in [1.807, 2.05) is 36.4 Å². The van der Waals surface area contributed by atoms with E-state index in [-0.39, 0.29) is 17.7 Å². The molecule has 0 aromatic heterocycles. The van der Waals surface area contributed by atoms with E-state index in [2.05, 4.69) is 22.5 Å². The van der Waals surface area contributed by atoms with Gasteiger partial charge in [0, 0.05) is 17.1 Å². The second-order valence-electron chi connectivity index (χ2n) is 5.65. The summed E-state index contributed by atoms with van der Waals surface area (Å²) in [7, 11) is 0. The molecule has 2 aromatic rings. The quantitative estimate of drug-likeness (QED) is 0.394. The number of halogens is 2. The van der Waals surface area contributed by atoms with Gasteiger partial charge in [-0.2, -0.15) is 0 Å². The highest BCUT2D eigenvalue weighted by Gasteiger charge is 2.34.